The Balaban J connectivity index is 2.23. The molecule has 78 valence electrons. The van der Waals surface area contributed by atoms with Crippen LogP contribution in [0, 0.1) is 0 Å². The quantitative estimate of drug-likeness (QED) is 0.419. The molecule has 0 saturated carbocycles. The predicted octanol–water partition coefficient (Wildman–Crippen LogP) is -2.00. The molecule has 0 aromatic heterocycles. The summed E-state index contributed by atoms with van der Waals surface area (Å²) in [6, 6.07) is -1.29. The summed E-state index contributed by atoms with van der Waals surface area (Å²) in [5.41, 5.74) is 0. The Labute approximate surface area is 79.1 Å². The van der Waals surface area contributed by atoms with Crippen LogP contribution in [0.5, 0.6) is 0 Å². The number of amides is 1. The second-order valence-electron chi connectivity index (χ2n) is 2.96. The highest BCUT2D eigenvalue weighted by molar-refractivity contribution is 5.88. The Morgan fingerprint density at radius 3 is 2.29 bits per heavy atom. The van der Waals surface area contributed by atoms with Gasteiger partial charge in [-0.3, -0.25) is 19.7 Å². The molecule has 4 N–H and O–H groups in total. The minimum absolute atomic E-state index is 0.195. The number of hydrogen-bond donors (Lipinski definition) is 4. The zero-order valence-electron chi connectivity index (χ0n) is 7.19. The van der Waals surface area contributed by atoms with Crippen LogP contribution < -0.4 is 10.6 Å². The molecule has 1 rings (SSSR count). The fourth-order valence-electron chi connectivity index (χ4n) is 1.09. The first kappa shape index (κ1) is 10.5. The molecule has 0 bridgehead atoms. The maximum Gasteiger partial charge on any atom is 0.322 e. The maximum atomic E-state index is 11.1. The van der Waals surface area contributed by atoms with Crippen LogP contribution in [0.3, 0.4) is 0 Å². The van der Waals surface area contributed by atoms with Crippen LogP contribution >= 0.6 is 0 Å². The van der Waals surface area contributed by atoms with Gasteiger partial charge in [0.05, 0.1) is 6.04 Å². The van der Waals surface area contributed by atoms with Crippen LogP contribution in [0.15, 0.2) is 0 Å². The summed E-state index contributed by atoms with van der Waals surface area (Å²) in [7, 11) is 0. The van der Waals surface area contributed by atoms with Crippen molar-refractivity contribution in [1.82, 2.24) is 10.6 Å². The number of carboxylic acid groups (broad SMARTS) is 2. The molecule has 7 heteroatoms. The molecule has 1 fully saturated rings. The van der Waals surface area contributed by atoms with Crippen LogP contribution in [-0.4, -0.2) is 46.7 Å². The van der Waals surface area contributed by atoms with Crippen LogP contribution in [0.2, 0.25) is 0 Å². The van der Waals surface area contributed by atoms with Crippen molar-refractivity contribution in [2.75, 3.05) is 6.54 Å². The van der Waals surface area contributed by atoms with E-state index in [1.54, 1.807) is 0 Å². The highest BCUT2D eigenvalue weighted by Crippen LogP contribution is 2.11. The van der Waals surface area contributed by atoms with E-state index in [1.165, 1.54) is 0 Å². The van der Waals surface area contributed by atoms with Crippen molar-refractivity contribution in [2.24, 2.45) is 0 Å². The molecule has 1 saturated heterocycles. The van der Waals surface area contributed by atoms with Gasteiger partial charge in [-0.1, -0.05) is 0 Å². The van der Waals surface area contributed by atoms with E-state index in [1.807, 2.05) is 0 Å². The molecule has 2 atom stereocenters. The SMILES string of the molecule is O=C(O)CNC(=O)C1CC(C(=O)O)N1. The van der Waals surface area contributed by atoms with Crippen molar-refractivity contribution in [3.8, 4) is 0 Å². The monoisotopic (exact) mass is 202 g/mol. The predicted molar refractivity (Wildman–Crippen MR) is 43.6 cm³/mol. The number of nitrogens with one attached hydrogen (secondary N) is 2. The van der Waals surface area contributed by atoms with Gasteiger partial charge in [-0.25, -0.2) is 0 Å². The first-order chi connectivity index (χ1) is 6.50. The van der Waals surface area contributed by atoms with E-state index < -0.39 is 36.5 Å². The van der Waals surface area contributed by atoms with Crippen molar-refractivity contribution >= 4 is 17.8 Å². The third-order valence-electron chi connectivity index (χ3n) is 1.90. The molecule has 0 aliphatic carbocycles. The van der Waals surface area contributed by atoms with Gasteiger partial charge in [-0.05, 0) is 6.42 Å². The van der Waals surface area contributed by atoms with Crippen molar-refractivity contribution < 1.29 is 24.6 Å². The van der Waals surface area contributed by atoms with E-state index in [4.69, 9.17) is 10.2 Å². The van der Waals surface area contributed by atoms with Gasteiger partial charge in [0.15, 0.2) is 0 Å². The standard InChI is InChI=1S/C7H10N2O5/c10-5(11)2-8-6(12)3-1-4(9-3)7(13)14/h3-4,9H,1-2H2,(H,8,12)(H,10,11)(H,13,14). The lowest BCUT2D eigenvalue weighted by Gasteiger charge is -2.32. The van der Waals surface area contributed by atoms with E-state index in [2.05, 4.69) is 10.6 Å². The molecule has 1 amide bonds. The van der Waals surface area contributed by atoms with Crippen molar-refractivity contribution in [3.05, 3.63) is 0 Å². The van der Waals surface area contributed by atoms with E-state index in [-0.39, 0.29) is 6.42 Å². The van der Waals surface area contributed by atoms with Crippen LogP contribution in [0.25, 0.3) is 0 Å². The van der Waals surface area contributed by atoms with Gasteiger partial charge in [-0.15, -0.1) is 0 Å². The second-order valence-corrected chi connectivity index (χ2v) is 2.96. The largest absolute Gasteiger partial charge is 0.480 e. The van der Waals surface area contributed by atoms with Crippen molar-refractivity contribution in [3.63, 3.8) is 0 Å². The van der Waals surface area contributed by atoms with Gasteiger partial charge in [0, 0.05) is 0 Å². The van der Waals surface area contributed by atoms with Crippen LogP contribution in [0.1, 0.15) is 6.42 Å². The van der Waals surface area contributed by atoms with E-state index in [0.717, 1.165) is 0 Å². The summed E-state index contributed by atoms with van der Waals surface area (Å²) in [6.07, 6.45) is 0.195. The molecule has 2 unspecified atom stereocenters. The molecular weight excluding hydrogens is 192 g/mol. The molecule has 0 radical (unpaired) electrons. The first-order valence-corrected chi connectivity index (χ1v) is 3.99. The zero-order chi connectivity index (χ0) is 10.7. The third-order valence-corrected chi connectivity index (χ3v) is 1.90. The zero-order valence-corrected chi connectivity index (χ0v) is 7.19. The lowest BCUT2D eigenvalue weighted by atomic mass is 9.96. The Kier molecular flexibility index (Phi) is 3.03. The van der Waals surface area contributed by atoms with Gasteiger partial charge in [0.2, 0.25) is 5.91 Å². The molecule has 1 heterocycles. The molecule has 0 spiro atoms. The van der Waals surface area contributed by atoms with Crippen molar-refractivity contribution in [2.45, 2.75) is 18.5 Å². The highest BCUT2D eigenvalue weighted by Gasteiger charge is 2.37. The molecule has 0 aromatic carbocycles. The Morgan fingerprint density at radius 2 is 1.86 bits per heavy atom. The number of rotatable bonds is 4. The average molecular weight is 202 g/mol. The molecule has 7 nitrogen and oxygen atoms in total. The van der Waals surface area contributed by atoms with Gasteiger partial charge < -0.3 is 15.5 Å². The van der Waals surface area contributed by atoms with E-state index in [9.17, 15) is 14.4 Å². The average Bonchev–Trinajstić information content (AvgIpc) is 1.97. The lowest BCUT2D eigenvalue weighted by molar-refractivity contribution is -0.145. The fraction of sp³-hybridized carbons (Fsp3) is 0.571. The maximum absolute atomic E-state index is 11.1. The van der Waals surface area contributed by atoms with Crippen LogP contribution in [-0.2, 0) is 14.4 Å². The summed E-state index contributed by atoms with van der Waals surface area (Å²) >= 11 is 0. The lowest BCUT2D eigenvalue weighted by Crippen LogP contribution is -2.62. The first-order valence-electron chi connectivity index (χ1n) is 3.99. The molecular formula is C7H10N2O5. The highest BCUT2D eigenvalue weighted by atomic mass is 16.4. The Hall–Kier alpha value is -1.63. The van der Waals surface area contributed by atoms with Gasteiger partial charge in [0.1, 0.15) is 12.6 Å². The minimum atomic E-state index is -1.13. The Bertz CT molecular complexity index is 271. The summed E-state index contributed by atoms with van der Waals surface area (Å²) in [4.78, 5) is 31.5. The Morgan fingerprint density at radius 1 is 1.29 bits per heavy atom. The molecule has 1 aliphatic rings. The van der Waals surface area contributed by atoms with Gasteiger partial charge in [-0.2, -0.15) is 0 Å². The summed E-state index contributed by atoms with van der Waals surface area (Å²) < 4.78 is 0. The van der Waals surface area contributed by atoms with E-state index in [0.29, 0.717) is 0 Å². The normalized spacial score (nSPS) is 24.9. The number of carbonyl (C=O) groups is 3. The fourth-order valence-corrected chi connectivity index (χ4v) is 1.09. The minimum Gasteiger partial charge on any atom is -0.480 e. The van der Waals surface area contributed by atoms with Crippen LogP contribution in [0.4, 0.5) is 0 Å². The topological polar surface area (TPSA) is 116 Å². The van der Waals surface area contributed by atoms with Gasteiger partial charge >= 0.3 is 11.9 Å². The number of carboxylic acids is 2. The summed E-state index contributed by atoms with van der Waals surface area (Å²) in [5, 5.41) is 21.4. The molecule has 1 aliphatic heterocycles. The van der Waals surface area contributed by atoms with E-state index >= 15 is 0 Å². The second kappa shape index (κ2) is 4.05. The smallest absolute Gasteiger partial charge is 0.322 e. The number of hydrogen-bond acceptors (Lipinski definition) is 4. The molecule has 0 aromatic rings. The summed E-state index contributed by atoms with van der Waals surface area (Å²) in [6.45, 7) is -0.450. The molecule has 14 heavy (non-hydrogen) atoms. The van der Waals surface area contributed by atoms with Gasteiger partial charge in [0.25, 0.3) is 0 Å². The van der Waals surface area contributed by atoms with Crippen molar-refractivity contribution in [1.29, 1.82) is 0 Å². The third kappa shape index (κ3) is 2.43. The number of aliphatic carboxylic acids is 2. The number of carbonyl (C=O) groups excluding carboxylic acids is 1. The summed E-state index contributed by atoms with van der Waals surface area (Å²) in [5.74, 6) is -2.62.